The molecule has 2 heterocycles. The summed E-state index contributed by atoms with van der Waals surface area (Å²) in [6.07, 6.45) is 1.56. The van der Waals surface area contributed by atoms with E-state index in [-0.39, 0.29) is 5.91 Å². The quantitative estimate of drug-likeness (QED) is 0.344. The highest BCUT2D eigenvalue weighted by Crippen LogP contribution is 2.49. The number of hydrogen-bond donors (Lipinski definition) is 1. The summed E-state index contributed by atoms with van der Waals surface area (Å²) in [4.78, 5) is 18.6. The number of carbonyl (C=O) groups excluding carboxylic acids is 1. The van der Waals surface area contributed by atoms with Gasteiger partial charge in [-0.3, -0.25) is 4.79 Å². The third kappa shape index (κ3) is 4.44. The first-order valence-electron chi connectivity index (χ1n) is 11.1. The Kier molecular flexibility index (Phi) is 6.63. The minimum Gasteiger partial charge on any atom is -0.389 e. The number of β-amino-alcohol motifs (C(OH)–C–C–N with tert-alkyl or cyclic N) is 1. The van der Waals surface area contributed by atoms with E-state index in [9.17, 15) is 9.90 Å². The Hall–Kier alpha value is -3.19. The lowest BCUT2D eigenvalue weighted by Gasteiger charge is -2.35. The van der Waals surface area contributed by atoms with E-state index in [2.05, 4.69) is 83.2 Å². The third-order valence-electron chi connectivity index (χ3n) is 5.89. The molecule has 34 heavy (non-hydrogen) atoms. The fourth-order valence-corrected chi connectivity index (χ4v) is 6.15. The van der Waals surface area contributed by atoms with Crippen LogP contribution in [0.2, 0.25) is 0 Å². The van der Waals surface area contributed by atoms with Crippen LogP contribution in [0.5, 0.6) is 0 Å². The zero-order valence-corrected chi connectivity index (χ0v) is 20.1. The number of thiazole rings is 1. The maximum absolute atomic E-state index is 12.5. The lowest BCUT2D eigenvalue weighted by atomic mass is 9.84. The fraction of sp³-hybridized carbons (Fsp3) is 0.143. The van der Waals surface area contributed by atoms with E-state index in [1.807, 2.05) is 24.3 Å². The molecule has 1 saturated heterocycles. The van der Waals surface area contributed by atoms with Crippen molar-refractivity contribution in [1.29, 1.82) is 0 Å². The van der Waals surface area contributed by atoms with E-state index in [1.54, 1.807) is 22.0 Å². The van der Waals surface area contributed by atoms with E-state index in [0.717, 1.165) is 5.01 Å². The van der Waals surface area contributed by atoms with Crippen LogP contribution in [0.1, 0.15) is 32.2 Å². The molecule has 1 amide bonds. The molecular weight excluding hydrogens is 460 g/mol. The molecule has 4 nitrogen and oxygen atoms in total. The smallest absolute Gasteiger partial charge is 0.273 e. The summed E-state index contributed by atoms with van der Waals surface area (Å²) in [5.41, 5.74) is 4.00. The molecule has 6 heteroatoms. The molecule has 0 spiro atoms. The molecule has 3 aromatic carbocycles. The Morgan fingerprint density at radius 1 is 0.912 bits per heavy atom. The lowest BCUT2D eigenvalue weighted by Crippen LogP contribution is -2.53. The van der Waals surface area contributed by atoms with Gasteiger partial charge in [0, 0.05) is 18.5 Å². The Morgan fingerprint density at radius 3 is 1.88 bits per heavy atom. The summed E-state index contributed by atoms with van der Waals surface area (Å²) < 4.78 is -0.441. The van der Waals surface area contributed by atoms with Crippen LogP contribution >= 0.6 is 23.1 Å². The van der Waals surface area contributed by atoms with E-state index in [1.165, 1.54) is 28.0 Å². The average Bonchev–Trinajstić information content (AvgIpc) is 3.35. The van der Waals surface area contributed by atoms with Crippen molar-refractivity contribution in [2.75, 3.05) is 13.1 Å². The van der Waals surface area contributed by atoms with Crippen LogP contribution in [0.15, 0.2) is 102 Å². The van der Waals surface area contributed by atoms with E-state index in [0.29, 0.717) is 18.8 Å². The molecule has 0 unspecified atom stereocenters. The summed E-state index contributed by atoms with van der Waals surface area (Å²) in [7, 11) is 0. The Balaban J connectivity index is 1.49. The Labute approximate surface area is 207 Å². The summed E-state index contributed by atoms with van der Waals surface area (Å²) in [6.45, 7) is 0.760. The van der Waals surface area contributed by atoms with Gasteiger partial charge >= 0.3 is 0 Å². The number of aromatic nitrogens is 1. The molecule has 1 N–H and O–H groups in total. The predicted molar refractivity (Wildman–Crippen MR) is 140 cm³/mol. The van der Waals surface area contributed by atoms with Gasteiger partial charge in [0.2, 0.25) is 0 Å². The maximum Gasteiger partial charge on any atom is 0.273 e. The molecule has 1 aliphatic heterocycles. The van der Waals surface area contributed by atoms with Gasteiger partial charge in [0.25, 0.3) is 5.91 Å². The van der Waals surface area contributed by atoms with Crippen molar-refractivity contribution in [2.45, 2.75) is 10.9 Å². The predicted octanol–water partition coefficient (Wildman–Crippen LogP) is 5.66. The second-order valence-corrected chi connectivity index (χ2v) is 10.1. The van der Waals surface area contributed by atoms with Gasteiger partial charge in [-0.05, 0) is 28.2 Å². The SMILES string of the molecule is O=C(c1csc(C=CSC(c2ccccc2)(c2ccccc2)c2ccccc2)n1)N1CC(O)C1. The van der Waals surface area contributed by atoms with E-state index >= 15 is 0 Å². The minimum absolute atomic E-state index is 0.124. The molecule has 5 rings (SSSR count). The molecule has 170 valence electrons. The van der Waals surface area contributed by atoms with Crippen LogP contribution < -0.4 is 0 Å². The zero-order chi connectivity index (χ0) is 23.4. The second-order valence-electron chi connectivity index (χ2n) is 8.13. The van der Waals surface area contributed by atoms with Crippen LogP contribution in [0, 0.1) is 0 Å². The highest BCUT2D eigenvalue weighted by atomic mass is 32.2. The lowest BCUT2D eigenvalue weighted by molar-refractivity contribution is 0.00555. The van der Waals surface area contributed by atoms with Crippen molar-refractivity contribution in [1.82, 2.24) is 9.88 Å². The van der Waals surface area contributed by atoms with Crippen LogP contribution in [0.25, 0.3) is 6.08 Å². The van der Waals surface area contributed by atoms with Gasteiger partial charge in [-0.2, -0.15) is 0 Å². The van der Waals surface area contributed by atoms with Gasteiger partial charge in [0.15, 0.2) is 0 Å². The number of amides is 1. The molecule has 0 saturated carbocycles. The summed E-state index contributed by atoms with van der Waals surface area (Å²) in [6, 6.07) is 31.6. The van der Waals surface area contributed by atoms with Crippen molar-refractivity contribution in [3.63, 3.8) is 0 Å². The van der Waals surface area contributed by atoms with Gasteiger partial charge in [-0.1, -0.05) is 91.0 Å². The van der Waals surface area contributed by atoms with Gasteiger partial charge in [0.05, 0.1) is 10.9 Å². The number of rotatable bonds is 7. The molecule has 4 aromatic rings. The first-order valence-corrected chi connectivity index (χ1v) is 12.9. The van der Waals surface area contributed by atoms with Crippen molar-refractivity contribution >= 4 is 35.1 Å². The third-order valence-corrected chi connectivity index (χ3v) is 8.03. The van der Waals surface area contributed by atoms with E-state index < -0.39 is 10.9 Å². The molecule has 1 fully saturated rings. The normalized spacial score (nSPS) is 14.3. The van der Waals surface area contributed by atoms with Crippen LogP contribution in [0.3, 0.4) is 0 Å². The largest absolute Gasteiger partial charge is 0.389 e. The molecule has 0 bridgehead atoms. The average molecular weight is 485 g/mol. The van der Waals surface area contributed by atoms with Crippen LogP contribution in [-0.4, -0.2) is 40.1 Å². The van der Waals surface area contributed by atoms with Crippen molar-refractivity contribution in [3.8, 4) is 0 Å². The van der Waals surface area contributed by atoms with Crippen LogP contribution in [-0.2, 0) is 4.75 Å². The summed E-state index contributed by atoms with van der Waals surface area (Å²) in [5, 5.41) is 14.1. The van der Waals surface area contributed by atoms with Crippen molar-refractivity contribution in [3.05, 3.63) is 129 Å². The summed E-state index contributed by atoms with van der Waals surface area (Å²) in [5.74, 6) is -0.124. The van der Waals surface area contributed by atoms with Crippen LogP contribution in [0.4, 0.5) is 0 Å². The van der Waals surface area contributed by atoms with E-state index in [4.69, 9.17) is 0 Å². The van der Waals surface area contributed by atoms with Gasteiger partial charge in [-0.15, -0.1) is 23.1 Å². The highest BCUT2D eigenvalue weighted by molar-refractivity contribution is 8.03. The molecule has 0 aliphatic carbocycles. The molecular formula is C28H24N2O2S2. The Morgan fingerprint density at radius 2 is 1.41 bits per heavy atom. The number of thioether (sulfide) groups is 1. The topological polar surface area (TPSA) is 53.4 Å². The second kappa shape index (κ2) is 9.97. The zero-order valence-electron chi connectivity index (χ0n) is 18.5. The molecule has 0 radical (unpaired) electrons. The first kappa shape index (κ1) is 22.6. The van der Waals surface area contributed by atoms with Gasteiger partial charge in [0.1, 0.15) is 10.7 Å². The number of hydrogen-bond acceptors (Lipinski definition) is 5. The van der Waals surface area contributed by atoms with Crippen molar-refractivity contribution < 1.29 is 9.90 Å². The number of nitrogens with zero attached hydrogens (tertiary/aromatic N) is 2. The number of aliphatic hydroxyl groups is 1. The maximum atomic E-state index is 12.5. The van der Waals surface area contributed by atoms with Gasteiger partial charge in [-0.25, -0.2) is 4.98 Å². The minimum atomic E-state index is -0.441. The summed E-state index contributed by atoms with van der Waals surface area (Å²) >= 11 is 3.17. The molecule has 1 aliphatic rings. The monoisotopic (exact) mass is 484 g/mol. The standard InChI is InChI=1S/C28H24N2O2S2/c31-24-18-30(19-24)27(32)25-20-33-26(29-25)16-17-34-28(21-10-4-1-5-11-21,22-12-6-2-7-13-22)23-14-8-3-9-15-23/h1-17,20,24,31H,18-19H2. The number of carbonyl (C=O) groups is 1. The number of aliphatic hydroxyl groups excluding tert-OH is 1. The number of likely N-dealkylation sites (tertiary alicyclic amines) is 1. The van der Waals surface area contributed by atoms with Gasteiger partial charge < -0.3 is 10.0 Å². The van der Waals surface area contributed by atoms with Crippen molar-refractivity contribution in [2.24, 2.45) is 0 Å². The number of benzene rings is 3. The molecule has 0 atom stereocenters. The Bertz CT molecular complexity index is 1170. The fourth-order valence-electron chi connectivity index (χ4n) is 4.16. The first-order chi connectivity index (χ1) is 16.7. The molecule has 1 aromatic heterocycles. The highest BCUT2D eigenvalue weighted by Gasteiger charge is 2.36.